The molecular formula is C21H22Cl2N6O2. The number of aryl methyl sites for hydroxylation is 1. The van der Waals surface area contributed by atoms with Crippen LogP contribution in [-0.2, 0) is 17.9 Å². The Bertz CT molecular complexity index is 1110. The van der Waals surface area contributed by atoms with Crippen LogP contribution >= 0.6 is 23.2 Å². The minimum atomic E-state index is -0.541. The van der Waals surface area contributed by atoms with Crippen LogP contribution in [-0.4, -0.2) is 41.1 Å². The lowest BCUT2D eigenvalue weighted by Crippen LogP contribution is -2.30. The lowest BCUT2D eigenvalue weighted by molar-refractivity contribution is -0.118. The number of carbonyl (C=O) groups is 2. The zero-order chi connectivity index (χ0) is 22.7. The first-order valence-electron chi connectivity index (χ1n) is 9.44. The van der Waals surface area contributed by atoms with Crippen LogP contribution in [0, 0.1) is 6.92 Å². The first-order valence-corrected chi connectivity index (χ1v) is 10.2. The molecule has 5 N–H and O–H groups in total. The van der Waals surface area contributed by atoms with E-state index in [0.717, 1.165) is 0 Å². The van der Waals surface area contributed by atoms with E-state index in [0.29, 0.717) is 43.7 Å². The second kappa shape index (κ2) is 9.47. The average molecular weight is 461 g/mol. The fraction of sp³-hybridized carbons (Fsp3) is 0.238. The first kappa shape index (κ1) is 22.7. The standard InChI is InChI=1S/C21H22Cl2N6O2/c1-11-14(8-24)19(13-4-3-12(22)7-15(13)23)20-16(27-11)9-29(21(20)31)10-18(30)28-17(25)5-6-26-2/h3-7,26H,8-10,24H2,1-2H3,(H2,25,28,30)/b6-5-. The number of hydrogen-bond acceptors (Lipinski definition) is 5. The highest BCUT2D eigenvalue weighted by atomic mass is 35.5. The third-order valence-corrected chi connectivity index (χ3v) is 5.37. The van der Waals surface area contributed by atoms with Crippen LogP contribution in [0.5, 0.6) is 0 Å². The van der Waals surface area contributed by atoms with Gasteiger partial charge in [-0.2, -0.15) is 4.99 Å². The molecule has 0 saturated heterocycles. The Morgan fingerprint density at radius 2 is 2.10 bits per heavy atom. The van der Waals surface area contributed by atoms with Crippen molar-refractivity contribution in [3.8, 4) is 11.1 Å². The highest BCUT2D eigenvalue weighted by Gasteiger charge is 2.35. The molecule has 1 aliphatic heterocycles. The largest absolute Gasteiger partial charge is 0.394 e. The number of nitrogens with two attached hydrogens (primary N) is 2. The van der Waals surface area contributed by atoms with Gasteiger partial charge >= 0.3 is 0 Å². The molecule has 31 heavy (non-hydrogen) atoms. The summed E-state index contributed by atoms with van der Waals surface area (Å²) in [5.74, 6) is -0.844. The van der Waals surface area contributed by atoms with Gasteiger partial charge in [-0.05, 0) is 36.9 Å². The van der Waals surface area contributed by atoms with Gasteiger partial charge in [0.2, 0.25) is 0 Å². The predicted octanol–water partition coefficient (Wildman–Crippen LogP) is 2.40. The van der Waals surface area contributed by atoms with Crippen molar-refractivity contribution >= 4 is 40.9 Å². The fourth-order valence-electron chi connectivity index (χ4n) is 3.47. The van der Waals surface area contributed by atoms with Gasteiger partial charge in [-0.15, -0.1) is 0 Å². The highest BCUT2D eigenvalue weighted by Crippen LogP contribution is 2.39. The number of benzene rings is 1. The molecule has 2 amide bonds. The quantitative estimate of drug-likeness (QED) is 0.448. The SMILES string of the molecule is CN/C=C\C(N)=NC(=O)CN1Cc2nc(C)c(CN)c(-c3ccc(Cl)cc3Cl)c2C1=O. The molecule has 0 spiro atoms. The van der Waals surface area contributed by atoms with Crippen molar-refractivity contribution in [3.05, 3.63) is 63.0 Å². The van der Waals surface area contributed by atoms with E-state index in [2.05, 4.69) is 15.3 Å². The van der Waals surface area contributed by atoms with E-state index >= 15 is 0 Å². The minimum absolute atomic E-state index is 0.0385. The third-order valence-electron chi connectivity index (χ3n) is 4.83. The maximum atomic E-state index is 13.3. The maximum absolute atomic E-state index is 13.3. The van der Waals surface area contributed by atoms with Gasteiger partial charge in [-0.25, -0.2) is 0 Å². The molecule has 1 aliphatic rings. The zero-order valence-corrected chi connectivity index (χ0v) is 18.6. The number of hydrogen-bond donors (Lipinski definition) is 3. The minimum Gasteiger partial charge on any atom is -0.394 e. The number of carbonyl (C=O) groups excluding carboxylic acids is 2. The molecule has 10 heteroatoms. The molecule has 1 aromatic heterocycles. The van der Waals surface area contributed by atoms with Gasteiger partial charge in [0.05, 0.1) is 17.8 Å². The van der Waals surface area contributed by atoms with Crippen molar-refractivity contribution in [2.45, 2.75) is 20.0 Å². The third kappa shape index (κ3) is 4.71. The molecular weight excluding hydrogens is 439 g/mol. The summed E-state index contributed by atoms with van der Waals surface area (Å²) in [6.45, 7) is 1.94. The smallest absolute Gasteiger partial charge is 0.267 e. The van der Waals surface area contributed by atoms with E-state index in [-0.39, 0.29) is 31.4 Å². The Kier molecular flexibility index (Phi) is 6.94. The number of aliphatic imine (C=N–C) groups is 1. The molecule has 0 fully saturated rings. The van der Waals surface area contributed by atoms with Crippen molar-refractivity contribution < 1.29 is 9.59 Å². The normalized spacial score (nSPS) is 13.8. The number of halogens is 2. The molecule has 0 atom stereocenters. The molecule has 2 heterocycles. The predicted molar refractivity (Wildman–Crippen MR) is 122 cm³/mol. The maximum Gasteiger partial charge on any atom is 0.267 e. The number of pyridine rings is 1. The first-order chi connectivity index (χ1) is 14.8. The molecule has 3 rings (SSSR count). The second-order valence-corrected chi connectivity index (χ2v) is 7.76. The number of fused-ring (bicyclic) bond motifs is 1. The summed E-state index contributed by atoms with van der Waals surface area (Å²) in [6, 6.07) is 5.05. The Morgan fingerprint density at radius 1 is 1.35 bits per heavy atom. The summed E-state index contributed by atoms with van der Waals surface area (Å²) < 4.78 is 0. The molecule has 0 bridgehead atoms. The molecule has 162 valence electrons. The van der Waals surface area contributed by atoms with E-state index in [4.69, 9.17) is 34.7 Å². The van der Waals surface area contributed by atoms with Gasteiger partial charge in [0.1, 0.15) is 12.4 Å². The van der Waals surface area contributed by atoms with Crippen molar-refractivity contribution in [1.29, 1.82) is 0 Å². The van der Waals surface area contributed by atoms with Crippen molar-refractivity contribution in [2.24, 2.45) is 16.5 Å². The van der Waals surface area contributed by atoms with E-state index in [9.17, 15) is 9.59 Å². The second-order valence-electron chi connectivity index (χ2n) is 6.91. The monoisotopic (exact) mass is 460 g/mol. The van der Waals surface area contributed by atoms with Crippen LogP contribution < -0.4 is 16.8 Å². The number of amidine groups is 1. The van der Waals surface area contributed by atoms with Crippen LogP contribution in [0.3, 0.4) is 0 Å². The number of rotatable bonds is 6. The Labute approximate surface area is 189 Å². The summed E-state index contributed by atoms with van der Waals surface area (Å²) in [4.78, 5) is 35.3. The Balaban J connectivity index is 2.01. The van der Waals surface area contributed by atoms with E-state index in [1.807, 2.05) is 6.92 Å². The summed E-state index contributed by atoms with van der Waals surface area (Å²) in [7, 11) is 1.70. The summed E-state index contributed by atoms with van der Waals surface area (Å²) >= 11 is 12.5. The van der Waals surface area contributed by atoms with Crippen LogP contribution in [0.15, 0.2) is 35.5 Å². The summed E-state index contributed by atoms with van der Waals surface area (Å²) in [5.41, 5.74) is 15.3. The topological polar surface area (TPSA) is 127 Å². The molecule has 2 aromatic rings. The molecule has 8 nitrogen and oxygen atoms in total. The number of nitrogens with one attached hydrogen (secondary N) is 1. The number of amides is 2. The Morgan fingerprint density at radius 3 is 2.74 bits per heavy atom. The molecule has 0 radical (unpaired) electrons. The number of nitrogens with zero attached hydrogens (tertiary/aromatic N) is 3. The van der Waals surface area contributed by atoms with E-state index < -0.39 is 5.91 Å². The summed E-state index contributed by atoms with van der Waals surface area (Å²) in [6.07, 6.45) is 3.00. The molecule has 1 aromatic carbocycles. The zero-order valence-electron chi connectivity index (χ0n) is 17.1. The van der Waals surface area contributed by atoms with Crippen LogP contribution in [0.25, 0.3) is 11.1 Å². The molecule has 0 unspecified atom stereocenters. The van der Waals surface area contributed by atoms with Gasteiger partial charge in [0.25, 0.3) is 11.8 Å². The fourth-order valence-corrected chi connectivity index (χ4v) is 3.98. The van der Waals surface area contributed by atoms with E-state index in [1.54, 1.807) is 31.4 Å². The van der Waals surface area contributed by atoms with Crippen molar-refractivity contribution in [3.63, 3.8) is 0 Å². The van der Waals surface area contributed by atoms with Crippen molar-refractivity contribution in [1.82, 2.24) is 15.2 Å². The average Bonchev–Trinajstić information content (AvgIpc) is 3.00. The van der Waals surface area contributed by atoms with Gasteiger partial charge in [0, 0.05) is 40.5 Å². The van der Waals surface area contributed by atoms with Crippen LogP contribution in [0.1, 0.15) is 27.3 Å². The van der Waals surface area contributed by atoms with E-state index in [1.165, 1.54) is 11.0 Å². The van der Waals surface area contributed by atoms with Crippen molar-refractivity contribution in [2.75, 3.05) is 13.6 Å². The lowest BCUT2D eigenvalue weighted by Gasteiger charge is -2.16. The van der Waals surface area contributed by atoms with Crippen LogP contribution in [0.4, 0.5) is 0 Å². The number of aromatic nitrogens is 1. The summed E-state index contributed by atoms with van der Waals surface area (Å²) in [5, 5.41) is 3.63. The Hall–Kier alpha value is -2.94. The van der Waals surface area contributed by atoms with Gasteiger partial charge in [-0.1, -0.05) is 29.3 Å². The van der Waals surface area contributed by atoms with Gasteiger partial charge in [-0.3, -0.25) is 14.6 Å². The van der Waals surface area contributed by atoms with Crippen LogP contribution in [0.2, 0.25) is 10.0 Å². The van der Waals surface area contributed by atoms with Gasteiger partial charge in [0.15, 0.2) is 0 Å². The lowest BCUT2D eigenvalue weighted by atomic mass is 9.93. The highest BCUT2D eigenvalue weighted by molar-refractivity contribution is 6.36. The molecule has 0 aliphatic carbocycles. The van der Waals surface area contributed by atoms with Gasteiger partial charge < -0.3 is 21.7 Å². The molecule has 0 saturated carbocycles.